The number of carbonyl (C=O) groups is 1. The van der Waals surface area contributed by atoms with Crippen LogP contribution >= 0.6 is 22.9 Å². The molecule has 1 fully saturated rings. The molecule has 0 aliphatic carbocycles. The number of amides is 1. The second-order valence-corrected chi connectivity index (χ2v) is 8.35. The van der Waals surface area contributed by atoms with Crippen LogP contribution in [0.4, 0.5) is 10.8 Å². The Balaban J connectivity index is 1.26. The molecule has 0 bridgehead atoms. The summed E-state index contributed by atoms with van der Waals surface area (Å²) in [6.45, 7) is 3.82. The van der Waals surface area contributed by atoms with Gasteiger partial charge in [0.2, 0.25) is 5.91 Å². The van der Waals surface area contributed by atoms with Gasteiger partial charge in [-0.25, -0.2) is 4.98 Å². The van der Waals surface area contributed by atoms with Crippen LogP contribution in [0.3, 0.4) is 0 Å². The van der Waals surface area contributed by atoms with E-state index in [0.29, 0.717) is 16.7 Å². The minimum Gasteiger partial charge on any atom is -0.497 e. The van der Waals surface area contributed by atoms with Crippen LogP contribution in [0.15, 0.2) is 53.9 Å². The number of anilines is 2. The fourth-order valence-electron chi connectivity index (χ4n) is 3.40. The summed E-state index contributed by atoms with van der Waals surface area (Å²) >= 11 is 7.36. The van der Waals surface area contributed by atoms with Crippen LogP contribution in [0, 0.1) is 0 Å². The largest absolute Gasteiger partial charge is 0.497 e. The molecule has 0 spiro atoms. The van der Waals surface area contributed by atoms with E-state index in [0.717, 1.165) is 43.2 Å². The zero-order valence-corrected chi connectivity index (χ0v) is 18.2. The second kappa shape index (κ2) is 9.47. The first-order valence-corrected chi connectivity index (χ1v) is 11.0. The van der Waals surface area contributed by atoms with Crippen LogP contribution in [0.1, 0.15) is 0 Å². The van der Waals surface area contributed by atoms with Crippen molar-refractivity contribution >= 4 is 39.7 Å². The summed E-state index contributed by atoms with van der Waals surface area (Å²) in [6.07, 6.45) is 0. The van der Waals surface area contributed by atoms with Gasteiger partial charge in [0.15, 0.2) is 5.13 Å². The highest BCUT2D eigenvalue weighted by Crippen LogP contribution is 2.26. The lowest BCUT2D eigenvalue weighted by molar-refractivity contribution is -0.117. The van der Waals surface area contributed by atoms with Gasteiger partial charge in [-0.1, -0.05) is 23.7 Å². The predicted octanol–water partition coefficient (Wildman–Crippen LogP) is 4.23. The third kappa shape index (κ3) is 5.11. The number of methoxy groups -OCH3 is 1. The number of carbonyl (C=O) groups excluding carboxylic acids is 1. The Bertz CT molecular complexity index is 983. The molecule has 6 nitrogen and oxygen atoms in total. The van der Waals surface area contributed by atoms with Crippen molar-refractivity contribution < 1.29 is 9.53 Å². The van der Waals surface area contributed by atoms with Crippen LogP contribution in [0.2, 0.25) is 5.02 Å². The van der Waals surface area contributed by atoms with E-state index in [1.165, 1.54) is 17.0 Å². The molecule has 2 heterocycles. The van der Waals surface area contributed by atoms with Gasteiger partial charge < -0.3 is 15.0 Å². The van der Waals surface area contributed by atoms with E-state index < -0.39 is 0 Å². The number of ether oxygens (including phenoxy) is 1. The highest BCUT2D eigenvalue weighted by Gasteiger charge is 2.20. The monoisotopic (exact) mass is 442 g/mol. The lowest BCUT2D eigenvalue weighted by Crippen LogP contribution is -2.48. The number of hydrogen-bond acceptors (Lipinski definition) is 6. The van der Waals surface area contributed by atoms with Gasteiger partial charge in [0.25, 0.3) is 0 Å². The van der Waals surface area contributed by atoms with Crippen molar-refractivity contribution in [2.24, 2.45) is 0 Å². The number of halogens is 1. The molecule has 30 heavy (non-hydrogen) atoms. The molecule has 2 aromatic carbocycles. The van der Waals surface area contributed by atoms with Gasteiger partial charge in [-0.05, 0) is 36.4 Å². The molecule has 1 aliphatic rings. The van der Waals surface area contributed by atoms with Crippen molar-refractivity contribution in [2.45, 2.75) is 0 Å². The van der Waals surface area contributed by atoms with Crippen molar-refractivity contribution in [3.05, 3.63) is 58.9 Å². The Kier molecular flexibility index (Phi) is 6.52. The lowest BCUT2D eigenvalue weighted by atomic mass is 10.2. The fourth-order valence-corrected chi connectivity index (χ4v) is 4.27. The lowest BCUT2D eigenvalue weighted by Gasteiger charge is -2.35. The zero-order valence-electron chi connectivity index (χ0n) is 16.7. The summed E-state index contributed by atoms with van der Waals surface area (Å²) < 4.78 is 5.22. The second-order valence-electron chi connectivity index (χ2n) is 7.05. The van der Waals surface area contributed by atoms with Crippen molar-refractivity contribution in [1.82, 2.24) is 9.88 Å². The summed E-state index contributed by atoms with van der Waals surface area (Å²) in [4.78, 5) is 21.5. The average Bonchev–Trinajstić information content (AvgIpc) is 3.23. The molecule has 0 unspecified atom stereocenters. The minimum absolute atomic E-state index is 0.0371. The first-order chi connectivity index (χ1) is 14.6. The van der Waals surface area contributed by atoms with Gasteiger partial charge >= 0.3 is 0 Å². The van der Waals surface area contributed by atoms with Gasteiger partial charge in [0, 0.05) is 47.8 Å². The maximum Gasteiger partial charge on any atom is 0.240 e. The third-order valence-corrected chi connectivity index (χ3v) is 6.08. The standard InChI is InChI=1S/C22H23ClN4O2S/c1-29-19-8-6-18(7-9-19)27-12-10-26(11-13-27)14-21(28)25-22-24-20(15-30-22)16-2-4-17(23)5-3-16/h2-9,15H,10-14H2,1H3,(H,24,25,28). The number of nitrogens with zero attached hydrogens (tertiary/aromatic N) is 3. The van der Waals surface area contributed by atoms with E-state index in [1.807, 2.05) is 41.8 Å². The molecular weight excluding hydrogens is 420 g/mol. The Morgan fingerprint density at radius 1 is 1.10 bits per heavy atom. The summed E-state index contributed by atoms with van der Waals surface area (Å²) in [6, 6.07) is 15.6. The Morgan fingerprint density at radius 2 is 1.80 bits per heavy atom. The number of rotatable bonds is 6. The van der Waals surface area contributed by atoms with Gasteiger partial charge in [-0.2, -0.15) is 0 Å². The Labute approximate surface area is 185 Å². The molecule has 4 rings (SSSR count). The van der Waals surface area contributed by atoms with E-state index in [1.54, 1.807) is 7.11 Å². The molecule has 0 saturated carbocycles. The molecule has 1 aliphatic heterocycles. The van der Waals surface area contributed by atoms with E-state index in [-0.39, 0.29) is 5.91 Å². The molecule has 8 heteroatoms. The van der Waals surface area contributed by atoms with Crippen molar-refractivity contribution in [2.75, 3.05) is 50.1 Å². The number of thiazole rings is 1. The molecule has 1 saturated heterocycles. The van der Waals surface area contributed by atoms with Crippen molar-refractivity contribution in [3.63, 3.8) is 0 Å². The Morgan fingerprint density at radius 3 is 2.47 bits per heavy atom. The predicted molar refractivity (Wildman–Crippen MR) is 123 cm³/mol. The molecule has 156 valence electrons. The number of nitrogens with one attached hydrogen (secondary N) is 1. The minimum atomic E-state index is -0.0371. The van der Waals surface area contributed by atoms with E-state index >= 15 is 0 Å². The molecule has 1 aromatic heterocycles. The molecule has 0 radical (unpaired) electrons. The number of hydrogen-bond donors (Lipinski definition) is 1. The Hall–Kier alpha value is -2.61. The normalized spacial score (nSPS) is 14.5. The summed E-state index contributed by atoms with van der Waals surface area (Å²) in [5.41, 5.74) is 2.99. The summed E-state index contributed by atoms with van der Waals surface area (Å²) in [5.74, 6) is 0.820. The van der Waals surface area contributed by atoms with Crippen molar-refractivity contribution in [1.29, 1.82) is 0 Å². The van der Waals surface area contributed by atoms with Crippen LogP contribution in [-0.4, -0.2) is 55.6 Å². The van der Waals surface area contributed by atoms with E-state index in [4.69, 9.17) is 16.3 Å². The third-order valence-electron chi connectivity index (χ3n) is 5.07. The fraction of sp³-hybridized carbons (Fsp3) is 0.273. The summed E-state index contributed by atoms with van der Waals surface area (Å²) in [7, 11) is 1.67. The van der Waals surface area contributed by atoms with Crippen LogP contribution in [0.25, 0.3) is 11.3 Å². The van der Waals surface area contributed by atoms with Crippen molar-refractivity contribution in [3.8, 4) is 17.0 Å². The molecule has 1 amide bonds. The van der Waals surface area contributed by atoms with Crippen LogP contribution in [0.5, 0.6) is 5.75 Å². The van der Waals surface area contributed by atoms with Gasteiger partial charge in [0.1, 0.15) is 5.75 Å². The SMILES string of the molecule is COc1ccc(N2CCN(CC(=O)Nc3nc(-c4ccc(Cl)cc4)cs3)CC2)cc1. The maximum absolute atomic E-state index is 12.5. The zero-order chi connectivity index (χ0) is 20.9. The van der Waals surface area contributed by atoms with Gasteiger partial charge in [-0.15, -0.1) is 11.3 Å². The maximum atomic E-state index is 12.5. The number of aromatic nitrogens is 1. The van der Waals surface area contributed by atoms with E-state index in [9.17, 15) is 4.79 Å². The number of benzene rings is 2. The molecule has 1 N–H and O–H groups in total. The van der Waals surface area contributed by atoms with E-state index in [2.05, 4.69) is 32.2 Å². The van der Waals surface area contributed by atoms with Gasteiger partial charge in [0.05, 0.1) is 19.3 Å². The topological polar surface area (TPSA) is 57.7 Å². The van der Waals surface area contributed by atoms with Crippen LogP contribution in [-0.2, 0) is 4.79 Å². The first-order valence-electron chi connectivity index (χ1n) is 9.73. The molecular formula is C22H23ClN4O2S. The molecule has 0 atom stereocenters. The summed E-state index contributed by atoms with van der Waals surface area (Å²) in [5, 5.41) is 6.16. The molecule has 3 aromatic rings. The first kappa shape index (κ1) is 20.7. The quantitative estimate of drug-likeness (QED) is 0.619. The highest BCUT2D eigenvalue weighted by atomic mass is 35.5. The number of piperazine rings is 1. The van der Waals surface area contributed by atoms with Crippen LogP contribution < -0.4 is 15.0 Å². The smallest absolute Gasteiger partial charge is 0.240 e. The average molecular weight is 443 g/mol. The van der Waals surface area contributed by atoms with Gasteiger partial charge in [-0.3, -0.25) is 9.69 Å². The highest BCUT2D eigenvalue weighted by molar-refractivity contribution is 7.14.